The number of hydrogen-bond donors (Lipinski definition) is 1. The third-order valence-electron chi connectivity index (χ3n) is 0.197. The average molecular weight is 71.1 g/mol. The molecule has 0 aromatic rings. The summed E-state index contributed by atoms with van der Waals surface area (Å²) in [4.78, 5) is 9.18. The fourth-order valence-corrected chi connectivity index (χ4v) is 0.0510. The summed E-state index contributed by atoms with van der Waals surface area (Å²) in [6, 6.07) is 0. The zero-order valence-electron chi connectivity index (χ0n) is 2.82. The highest BCUT2D eigenvalue weighted by Crippen LogP contribution is 1.36. The molecule has 0 unspecified atom stereocenters. The third kappa shape index (κ3) is 3.63. The predicted octanol–water partition coefficient (Wildman–Crippen LogP) is -0.523. The third-order valence-corrected chi connectivity index (χ3v) is 0.197. The van der Waals surface area contributed by atoms with Crippen molar-refractivity contribution in [2.75, 3.05) is 6.54 Å². The largest absolute Gasteiger partial charge is 0.308 e. The second-order valence-electron chi connectivity index (χ2n) is 0.571. The Hall–Kier alpha value is -0.370. The fraction of sp³-hybridized carbons (Fsp3) is 0.333. The van der Waals surface area contributed by atoms with Gasteiger partial charge in [0.2, 0.25) is 6.29 Å². The van der Waals surface area contributed by atoms with Gasteiger partial charge in [-0.1, -0.05) is 0 Å². The predicted molar refractivity (Wildman–Crippen MR) is 19.1 cm³/mol. The molecule has 28 valence electrons. The van der Waals surface area contributed by atoms with Crippen LogP contribution in [0.2, 0.25) is 0 Å². The highest BCUT2D eigenvalue weighted by Gasteiger charge is 1.65. The summed E-state index contributed by atoms with van der Waals surface area (Å²) >= 11 is 0. The van der Waals surface area contributed by atoms with Crippen LogP contribution in [-0.4, -0.2) is 12.8 Å². The summed E-state index contributed by atoms with van der Waals surface area (Å²) in [7, 11) is 3.16. The molecule has 0 aromatic heterocycles. The molecule has 0 spiro atoms. The molecule has 0 aliphatic rings. The topological polar surface area (TPSA) is 29.1 Å². The van der Waals surface area contributed by atoms with E-state index in [1.54, 1.807) is 6.29 Å². The van der Waals surface area contributed by atoms with E-state index >= 15 is 0 Å². The maximum Gasteiger partial charge on any atom is 0.213 e. The maximum absolute atomic E-state index is 9.18. The van der Waals surface area contributed by atoms with Gasteiger partial charge in [0.1, 0.15) is 0 Å². The number of hydrogen-bond acceptors (Lipinski definition) is 2. The van der Waals surface area contributed by atoms with Gasteiger partial charge in [0.25, 0.3) is 0 Å². The smallest absolute Gasteiger partial charge is 0.213 e. The van der Waals surface area contributed by atoms with Crippen molar-refractivity contribution >= 4 is 6.29 Å². The molecule has 0 aliphatic heterocycles. The summed E-state index contributed by atoms with van der Waals surface area (Å²) in [6.45, 7) is 0.222. The lowest BCUT2D eigenvalue weighted by Crippen LogP contribution is -2.04. The van der Waals surface area contributed by atoms with E-state index in [0.29, 0.717) is 0 Å². The molecule has 0 aromatic carbocycles. The van der Waals surface area contributed by atoms with Crippen molar-refractivity contribution < 1.29 is 4.79 Å². The normalized spacial score (nSPS) is 7.40. The molecular weight excluding hydrogens is 66.0 g/mol. The first kappa shape index (κ1) is 4.63. The van der Waals surface area contributed by atoms with Crippen LogP contribution in [0.15, 0.2) is 0 Å². The minimum atomic E-state index is 0.222. The van der Waals surface area contributed by atoms with Gasteiger partial charge in [0.15, 0.2) is 0 Å². The minimum Gasteiger partial charge on any atom is -0.308 e. The molecule has 2 heteroatoms. The van der Waals surface area contributed by atoms with Crippen molar-refractivity contribution in [1.29, 1.82) is 0 Å². The first-order valence-corrected chi connectivity index (χ1v) is 1.26. The van der Waals surface area contributed by atoms with Crippen LogP contribution >= 0.6 is 0 Å². The van der Waals surface area contributed by atoms with Gasteiger partial charge in [-0.3, -0.25) is 4.79 Å². The van der Waals surface area contributed by atoms with E-state index in [1.807, 2.05) is 0 Å². The molecule has 2 nitrogen and oxygen atoms in total. The first-order valence-electron chi connectivity index (χ1n) is 1.26. The van der Waals surface area contributed by atoms with E-state index in [-0.39, 0.29) is 6.54 Å². The van der Waals surface area contributed by atoms with Gasteiger partial charge in [-0.25, -0.2) is 0 Å². The van der Waals surface area contributed by atoms with Crippen LogP contribution in [0.1, 0.15) is 0 Å². The highest BCUT2D eigenvalue weighted by atomic mass is 16.1. The van der Waals surface area contributed by atoms with Crippen LogP contribution in [0.25, 0.3) is 0 Å². The van der Waals surface area contributed by atoms with Crippen LogP contribution in [0.3, 0.4) is 0 Å². The highest BCUT2D eigenvalue weighted by molar-refractivity contribution is 5.52. The monoisotopic (exact) mass is 71.0 g/mol. The van der Waals surface area contributed by atoms with Crippen molar-refractivity contribution in [1.82, 2.24) is 5.32 Å². The number of rotatable bonds is 2. The molecule has 0 bridgehead atoms. The Labute approximate surface area is 31.2 Å². The van der Waals surface area contributed by atoms with Crippen LogP contribution in [-0.2, 0) is 4.79 Å². The van der Waals surface area contributed by atoms with Crippen molar-refractivity contribution in [2.45, 2.75) is 0 Å². The molecule has 0 saturated carbocycles. The Morgan fingerprint density at radius 1 is 2.00 bits per heavy atom. The zero-order valence-corrected chi connectivity index (χ0v) is 2.82. The van der Waals surface area contributed by atoms with E-state index in [2.05, 4.69) is 12.4 Å². The Balaban J connectivity index is 2.40. The molecule has 0 heterocycles. The fourth-order valence-electron chi connectivity index (χ4n) is 0.0510. The molecular formula is C3H5NO. The van der Waals surface area contributed by atoms with Gasteiger partial charge in [0, 0.05) is 7.05 Å². The second-order valence-corrected chi connectivity index (χ2v) is 0.571. The molecule has 5 heavy (non-hydrogen) atoms. The Bertz CT molecular complexity index is 28.1. The molecule has 0 amide bonds. The van der Waals surface area contributed by atoms with Crippen LogP contribution in [0.5, 0.6) is 0 Å². The van der Waals surface area contributed by atoms with Gasteiger partial charge >= 0.3 is 0 Å². The number of nitrogens with one attached hydrogen (secondary N) is 1. The number of carbonyl (C=O) groups excluding carboxylic acids is 1. The molecule has 0 fully saturated rings. The average Bonchev–Trinajstić information content (AvgIpc) is 1.41. The zero-order chi connectivity index (χ0) is 4.12. The van der Waals surface area contributed by atoms with Gasteiger partial charge in [-0.2, -0.15) is 0 Å². The summed E-state index contributed by atoms with van der Waals surface area (Å²) in [5, 5.41) is 2.34. The summed E-state index contributed by atoms with van der Waals surface area (Å²) in [5.41, 5.74) is 0. The standard InChI is InChI=1S/C3H5NO/c1-4-2-3-5/h4H,1-2H2. The van der Waals surface area contributed by atoms with Crippen LogP contribution < -0.4 is 5.32 Å². The quantitative estimate of drug-likeness (QED) is 0.474. The molecule has 2 radical (unpaired) electrons. The van der Waals surface area contributed by atoms with Crippen LogP contribution in [0, 0.1) is 7.05 Å². The van der Waals surface area contributed by atoms with E-state index < -0.39 is 0 Å². The van der Waals surface area contributed by atoms with Crippen molar-refractivity contribution in [2.24, 2.45) is 0 Å². The molecule has 0 saturated heterocycles. The van der Waals surface area contributed by atoms with Crippen LogP contribution in [0.4, 0.5) is 0 Å². The molecule has 0 atom stereocenters. The molecule has 0 aliphatic carbocycles. The van der Waals surface area contributed by atoms with Gasteiger partial charge in [-0.15, -0.1) is 0 Å². The summed E-state index contributed by atoms with van der Waals surface area (Å²) in [6.07, 6.45) is 1.59. The van der Waals surface area contributed by atoms with Gasteiger partial charge in [-0.05, 0) is 0 Å². The lowest BCUT2D eigenvalue weighted by atomic mass is 10.7. The van der Waals surface area contributed by atoms with Gasteiger partial charge < -0.3 is 5.32 Å². The SMILES string of the molecule is [CH2]NC[C]=O. The van der Waals surface area contributed by atoms with Gasteiger partial charge in [0.05, 0.1) is 6.54 Å². The van der Waals surface area contributed by atoms with E-state index in [1.165, 1.54) is 0 Å². The van der Waals surface area contributed by atoms with E-state index in [0.717, 1.165) is 0 Å². The summed E-state index contributed by atoms with van der Waals surface area (Å²) < 4.78 is 0. The maximum atomic E-state index is 9.18. The Kier molecular flexibility index (Phi) is 3.36. The minimum absolute atomic E-state index is 0.222. The first-order chi connectivity index (χ1) is 2.41. The second kappa shape index (κ2) is 3.63. The van der Waals surface area contributed by atoms with Crippen molar-refractivity contribution in [3.05, 3.63) is 7.05 Å². The Morgan fingerprint density at radius 3 is 2.60 bits per heavy atom. The van der Waals surface area contributed by atoms with E-state index in [4.69, 9.17) is 0 Å². The Morgan fingerprint density at radius 2 is 2.60 bits per heavy atom. The molecule has 0 rings (SSSR count). The van der Waals surface area contributed by atoms with Crippen molar-refractivity contribution in [3.63, 3.8) is 0 Å². The summed E-state index contributed by atoms with van der Waals surface area (Å²) in [5.74, 6) is 0. The van der Waals surface area contributed by atoms with E-state index in [9.17, 15) is 4.79 Å². The lowest BCUT2D eigenvalue weighted by molar-refractivity contribution is 0.553. The molecule has 1 N–H and O–H groups in total. The lowest BCUT2D eigenvalue weighted by Gasteiger charge is -1.73. The van der Waals surface area contributed by atoms with Crippen molar-refractivity contribution in [3.8, 4) is 0 Å².